The number of thioether (sulfide) groups is 1. The van der Waals surface area contributed by atoms with E-state index in [4.69, 9.17) is 9.47 Å². The second-order valence-corrected chi connectivity index (χ2v) is 9.37. The molecule has 0 spiro atoms. The topological polar surface area (TPSA) is 76.2 Å². The van der Waals surface area contributed by atoms with Gasteiger partial charge in [-0.05, 0) is 52.4 Å². The van der Waals surface area contributed by atoms with Crippen molar-refractivity contribution in [1.29, 1.82) is 0 Å². The molecule has 2 saturated heterocycles. The van der Waals surface area contributed by atoms with E-state index < -0.39 is 11.1 Å². The van der Waals surface area contributed by atoms with E-state index >= 15 is 0 Å². The van der Waals surface area contributed by atoms with E-state index in [0.717, 1.165) is 33.0 Å². The average Bonchev–Trinajstić information content (AvgIpc) is 3.17. The lowest BCUT2D eigenvalue weighted by Gasteiger charge is -2.28. The number of morpholine rings is 1. The van der Waals surface area contributed by atoms with Gasteiger partial charge in [0.05, 0.1) is 18.1 Å². The van der Waals surface area contributed by atoms with Crippen LogP contribution in [0.2, 0.25) is 0 Å². The molecule has 2 fully saturated rings. The van der Waals surface area contributed by atoms with Crippen LogP contribution in [0.25, 0.3) is 16.8 Å². The molecule has 3 aromatic carbocycles. The minimum absolute atomic E-state index is 0.203. The molecule has 36 heavy (non-hydrogen) atoms. The first kappa shape index (κ1) is 24.0. The van der Waals surface area contributed by atoms with Crippen LogP contribution in [0, 0.1) is 5.82 Å². The average molecular weight is 507 g/mol. The maximum absolute atomic E-state index is 13.3. The minimum atomic E-state index is -0.510. The van der Waals surface area contributed by atoms with Gasteiger partial charge in [-0.3, -0.25) is 19.3 Å². The molecule has 0 aliphatic carbocycles. The molecule has 5 rings (SSSR count). The fraction of sp³-hybridized carbons (Fsp3) is 0.222. The Hall–Kier alpha value is -3.69. The highest BCUT2D eigenvalue weighted by Crippen LogP contribution is 2.37. The molecule has 0 atom stereocenters. The van der Waals surface area contributed by atoms with Gasteiger partial charge in [-0.2, -0.15) is 0 Å². The van der Waals surface area contributed by atoms with Gasteiger partial charge >= 0.3 is 0 Å². The number of amides is 3. The Bertz CT molecular complexity index is 1350. The summed E-state index contributed by atoms with van der Waals surface area (Å²) < 4.78 is 24.6. The van der Waals surface area contributed by atoms with E-state index in [1.807, 2.05) is 36.4 Å². The van der Waals surface area contributed by atoms with Crippen molar-refractivity contribution in [3.05, 3.63) is 82.5 Å². The molecule has 0 bridgehead atoms. The van der Waals surface area contributed by atoms with Gasteiger partial charge in [0.2, 0.25) is 5.91 Å². The molecular weight excluding hydrogens is 483 g/mol. The fourth-order valence-corrected chi connectivity index (χ4v) is 4.93. The van der Waals surface area contributed by atoms with Gasteiger partial charge in [0.1, 0.15) is 24.7 Å². The van der Waals surface area contributed by atoms with E-state index in [-0.39, 0.29) is 29.8 Å². The van der Waals surface area contributed by atoms with Crippen LogP contribution in [-0.2, 0) is 20.9 Å². The first-order valence-electron chi connectivity index (χ1n) is 11.5. The number of rotatable bonds is 6. The Morgan fingerprint density at radius 3 is 2.56 bits per heavy atom. The number of carbonyl (C=O) groups excluding carboxylic acids is 3. The fourth-order valence-electron chi connectivity index (χ4n) is 4.11. The van der Waals surface area contributed by atoms with Gasteiger partial charge in [0.25, 0.3) is 11.1 Å². The molecule has 0 radical (unpaired) electrons. The number of hydrogen-bond acceptors (Lipinski definition) is 6. The summed E-state index contributed by atoms with van der Waals surface area (Å²) in [5, 5.41) is 1.31. The Kier molecular flexibility index (Phi) is 7.02. The van der Waals surface area contributed by atoms with Crippen molar-refractivity contribution >= 4 is 45.7 Å². The SMILES string of the molecule is O=C(CN1C(=O)S/C(=C/c2c(OCc3ccc(F)cc3)ccc3ccccc23)C1=O)N1CCOCC1. The Balaban J connectivity index is 1.42. The van der Waals surface area contributed by atoms with Gasteiger partial charge in [-0.1, -0.05) is 42.5 Å². The predicted molar refractivity (Wildman–Crippen MR) is 135 cm³/mol. The molecule has 0 N–H and O–H groups in total. The predicted octanol–water partition coefficient (Wildman–Crippen LogP) is 4.45. The van der Waals surface area contributed by atoms with Crippen molar-refractivity contribution < 1.29 is 28.2 Å². The summed E-state index contributed by atoms with van der Waals surface area (Å²) in [5.74, 6) is -0.596. The van der Waals surface area contributed by atoms with Gasteiger partial charge in [0.15, 0.2) is 0 Å². The van der Waals surface area contributed by atoms with Crippen molar-refractivity contribution in [3.63, 3.8) is 0 Å². The van der Waals surface area contributed by atoms with E-state index in [1.165, 1.54) is 12.1 Å². The zero-order valence-electron chi connectivity index (χ0n) is 19.3. The van der Waals surface area contributed by atoms with Crippen molar-refractivity contribution in [2.24, 2.45) is 0 Å². The van der Waals surface area contributed by atoms with E-state index in [1.54, 1.807) is 23.1 Å². The van der Waals surface area contributed by atoms with Gasteiger partial charge in [-0.25, -0.2) is 4.39 Å². The van der Waals surface area contributed by atoms with Crippen molar-refractivity contribution in [3.8, 4) is 5.75 Å². The summed E-state index contributed by atoms with van der Waals surface area (Å²) in [6.45, 7) is 1.66. The number of nitrogens with zero attached hydrogens (tertiary/aromatic N) is 2. The molecule has 2 aliphatic rings. The quantitative estimate of drug-likeness (QED) is 0.460. The summed E-state index contributed by atoms with van der Waals surface area (Å²) >= 11 is 0.804. The monoisotopic (exact) mass is 506 g/mol. The molecule has 0 unspecified atom stereocenters. The highest BCUT2D eigenvalue weighted by Gasteiger charge is 2.37. The van der Waals surface area contributed by atoms with Crippen molar-refractivity contribution in [2.45, 2.75) is 6.61 Å². The van der Waals surface area contributed by atoms with Crippen LogP contribution >= 0.6 is 11.8 Å². The lowest BCUT2D eigenvalue weighted by Crippen LogP contribution is -2.46. The lowest BCUT2D eigenvalue weighted by molar-refractivity contribution is -0.139. The number of imide groups is 1. The summed E-state index contributed by atoms with van der Waals surface area (Å²) in [6.07, 6.45) is 1.65. The largest absolute Gasteiger partial charge is 0.488 e. The summed E-state index contributed by atoms with van der Waals surface area (Å²) in [5.41, 5.74) is 1.44. The number of ether oxygens (including phenoxy) is 2. The highest BCUT2D eigenvalue weighted by molar-refractivity contribution is 8.18. The zero-order valence-corrected chi connectivity index (χ0v) is 20.1. The summed E-state index contributed by atoms with van der Waals surface area (Å²) in [4.78, 5) is 41.2. The first-order chi connectivity index (χ1) is 17.5. The van der Waals surface area contributed by atoms with Crippen LogP contribution in [0.5, 0.6) is 5.75 Å². The third kappa shape index (κ3) is 5.12. The van der Waals surface area contributed by atoms with Crippen molar-refractivity contribution in [2.75, 3.05) is 32.8 Å². The van der Waals surface area contributed by atoms with Crippen LogP contribution < -0.4 is 4.74 Å². The standard InChI is InChI=1S/C27H23FN2O5S/c28-20-8-5-18(6-9-20)17-35-23-10-7-19-3-1-2-4-21(19)22(23)15-24-26(32)30(27(33)36-24)16-25(31)29-11-13-34-14-12-29/h1-10,15H,11-14,16-17H2/b24-15+. The van der Waals surface area contributed by atoms with Gasteiger partial charge in [-0.15, -0.1) is 0 Å². The third-order valence-electron chi connectivity index (χ3n) is 6.04. The second-order valence-electron chi connectivity index (χ2n) is 8.37. The number of fused-ring (bicyclic) bond motifs is 1. The van der Waals surface area contributed by atoms with Crippen LogP contribution in [0.15, 0.2) is 65.6 Å². The molecule has 2 aliphatic heterocycles. The third-order valence-corrected chi connectivity index (χ3v) is 6.95. The first-order valence-corrected chi connectivity index (χ1v) is 12.3. The molecule has 0 saturated carbocycles. The minimum Gasteiger partial charge on any atom is -0.488 e. The molecule has 0 aromatic heterocycles. The molecule has 184 valence electrons. The van der Waals surface area contributed by atoms with E-state index in [0.29, 0.717) is 37.6 Å². The number of carbonyl (C=O) groups is 3. The molecule has 2 heterocycles. The molecule has 3 amide bonds. The van der Waals surface area contributed by atoms with Crippen LogP contribution in [0.3, 0.4) is 0 Å². The van der Waals surface area contributed by atoms with E-state index in [9.17, 15) is 18.8 Å². The highest BCUT2D eigenvalue weighted by atomic mass is 32.2. The molecular formula is C27H23FN2O5S. The summed E-state index contributed by atoms with van der Waals surface area (Å²) in [7, 11) is 0. The number of halogens is 1. The maximum Gasteiger partial charge on any atom is 0.294 e. The smallest absolute Gasteiger partial charge is 0.294 e. The Morgan fingerprint density at radius 1 is 1.03 bits per heavy atom. The zero-order chi connectivity index (χ0) is 25.1. The van der Waals surface area contributed by atoms with Gasteiger partial charge < -0.3 is 14.4 Å². The Morgan fingerprint density at radius 2 is 1.78 bits per heavy atom. The molecule has 7 nitrogen and oxygen atoms in total. The lowest BCUT2D eigenvalue weighted by atomic mass is 10.0. The molecule has 3 aromatic rings. The van der Waals surface area contributed by atoms with Crippen LogP contribution in [-0.4, -0.2) is 59.7 Å². The normalized spacial score (nSPS) is 17.3. The van der Waals surface area contributed by atoms with Crippen LogP contribution in [0.1, 0.15) is 11.1 Å². The summed E-state index contributed by atoms with van der Waals surface area (Å²) in [6, 6.07) is 17.4. The van der Waals surface area contributed by atoms with Gasteiger partial charge in [0, 0.05) is 18.7 Å². The number of benzene rings is 3. The van der Waals surface area contributed by atoms with Crippen molar-refractivity contribution in [1.82, 2.24) is 9.80 Å². The Labute approximate surface area is 211 Å². The van der Waals surface area contributed by atoms with E-state index in [2.05, 4.69) is 0 Å². The molecule has 9 heteroatoms. The van der Waals surface area contributed by atoms with Crippen LogP contribution in [0.4, 0.5) is 9.18 Å². The second kappa shape index (κ2) is 10.5. The number of hydrogen-bond donors (Lipinski definition) is 0. The maximum atomic E-state index is 13.3.